The van der Waals surface area contributed by atoms with Crippen LogP contribution in [-0.4, -0.2) is 0 Å². The fourth-order valence-corrected chi connectivity index (χ4v) is 2.10. The second-order valence-electron chi connectivity index (χ2n) is 3.55. The molecule has 0 atom stereocenters. The summed E-state index contributed by atoms with van der Waals surface area (Å²) in [7, 11) is 0. The zero-order chi connectivity index (χ0) is 12.3. The van der Waals surface area contributed by atoms with Crippen molar-refractivity contribution in [2.45, 2.75) is 6.54 Å². The minimum Gasteiger partial charge on any atom is -0.380 e. The van der Waals surface area contributed by atoms with Crippen molar-refractivity contribution in [2.24, 2.45) is 0 Å². The van der Waals surface area contributed by atoms with Crippen LogP contribution in [-0.2, 0) is 6.54 Å². The van der Waals surface area contributed by atoms with Crippen molar-refractivity contribution in [1.29, 1.82) is 0 Å². The third kappa shape index (κ3) is 2.99. The second kappa shape index (κ2) is 5.52. The van der Waals surface area contributed by atoms with E-state index in [0.717, 1.165) is 15.7 Å². The molecule has 0 aliphatic carbocycles. The molecule has 0 bridgehead atoms. The lowest BCUT2D eigenvalue weighted by Gasteiger charge is -2.09. The minimum atomic E-state index is -0.391. The first-order chi connectivity index (χ1) is 8.18. The lowest BCUT2D eigenvalue weighted by atomic mass is 10.2. The van der Waals surface area contributed by atoms with Crippen LogP contribution >= 0.6 is 27.5 Å². The summed E-state index contributed by atoms with van der Waals surface area (Å²) in [6.07, 6.45) is 0. The number of anilines is 1. The van der Waals surface area contributed by atoms with Gasteiger partial charge in [0.25, 0.3) is 0 Å². The smallest absolute Gasteiger partial charge is 0.142 e. The molecular formula is C13H10BrClFN. The maximum atomic E-state index is 13.2. The summed E-state index contributed by atoms with van der Waals surface area (Å²) in [5, 5.41) is 3.37. The number of benzene rings is 2. The predicted octanol–water partition coefficient (Wildman–Crippen LogP) is 4.85. The molecule has 0 aromatic heterocycles. The molecule has 0 unspecified atom stereocenters. The van der Waals surface area contributed by atoms with E-state index in [0.29, 0.717) is 6.54 Å². The van der Waals surface area contributed by atoms with Gasteiger partial charge in [-0.2, -0.15) is 0 Å². The molecular weight excluding hydrogens is 305 g/mol. The quantitative estimate of drug-likeness (QED) is 0.853. The van der Waals surface area contributed by atoms with E-state index in [-0.39, 0.29) is 5.02 Å². The molecule has 0 spiro atoms. The molecule has 2 aromatic carbocycles. The van der Waals surface area contributed by atoms with Crippen LogP contribution < -0.4 is 5.32 Å². The van der Waals surface area contributed by atoms with E-state index in [4.69, 9.17) is 11.6 Å². The molecule has 0 aliphatic rings. The number of para-hydroxylation sites is 1. The molecule has 0 fully saturated rings. The van der Waals surface area contributed by atoms with E-state index in [1.807, 2.05) is 24.3 Å². The van der Waals surface area contributed by atoms with Gasteiger partial charge >= 0.3 is 0 Å². The largest absolute Gasteiger partial charge is 0.380 e. The summed E-state index contributed by atoms with van der Waals surface area (Å²) in [4.78, 5) is 0. The molecule has 0 amide bonds. The van der Waals surface area contributed by atoms with Crippen LogP contribution in [0.2, 0.25) is 5.02 Å². The number of hydrogen-bond acceptors (Lipinski definition) is 1. The van der Waals surface area contributed by atoms with E-state index in [2.05, 4.69) is 21.2 Å². The summed E-state index contributed by atoms with van der Waals surface area (Å²) in [5.41, 5.74) is 1.69. The molecule has 88 valence electrons. The van der Waals surface area contributed by atoms with Crippen molar-refractivity contribution in [3.63, 3.8) is 0 Å². The Balaban J connectivity index is 2.13. The zero-order valence-corrected chi connectivity index (χ0v) is 11.2. The van der Waals surface area contributed by atoms with Gasteiger partial charge in [-0.05, 0) is 39.7 Å². The van der Waals surface area contributed by atoms with Crippen LogP contribution in [0.1, 0.15) is 5.56 Å². The summed E-state index contributed by atoms with van der Waals surface area (Å²) < 4.78 is 14.2. The van der Waals surface area contributed by atoms with Gasteiger partial charge in [-0.25, -0.2) is 4.39 Å². The number of halogens is 3. The molecule has 4 heteroatoms. The molecule has 1 N–H and O–H groups in total. The monoisotopic (exact) mass is 313 g/mol. The first-order valence-corrected chi connectivity index (χ1v) is 6.27. The van der Waals surface area contributed by atoms with Gasteiger partial charge in [-0.1, -0.05) is 35.9 Å². The average molecular weight is 315 g/mol. The van der Waals surface area contributed by atoms with Gasteiger partial charge in [0.15, 0.2) is 0 Å². The van der Waals surface area contributed by atoms with Crippen LogP contribution in [0, 0.1) is 5.82 Å². The highest BCUT2D eigenvalue weighted by Gasteiger charge is 2.05. The van der Waals surface area contributed by atoms with Gasteiger partial charge in [0, 0.05) is 16.7 Å². The molecule has 0 saturated heterocycles. The van der Waals surface area contributed by atoms with Crippen LogP contribution in [0.25, 0.3) is 0 Å². The topological polar surface area (TPSA) is 12.0 Å². The predicted molar refractivity (Wildman–Crippen MR) is 72.9 cm³/mol. The van der Waals surface area contributed by atoms with Crippen LogP contribution in [0.4, 0.5) is 10.1 Å². The molecule has 0 saturated carbocycles. The van der Waals surface area contributed by atoms with Crippen molar-refractivity contribution in [1.82, 2.24) is 0 Å². The van der Waals surface area contributed by atoms with Crippen molar-refractivity contribution in [3.8, 4) is 0 Å². The average Bonchev–Trinajstić information content (AvgIpc) is 2.33. The lowest BCUT2D eigenvalue weighted by Crippen LogP contribution is -2.01. The third-order valence-corrected chi connectivity index (χ3v) is 3.49. The fraction of sp³-hybridized carbons (Fsp3) is 0.0769. The summed E-state index contributed by atoms with van der Waals surface area (Å²) in [6.45, 7) is 0.485. The third-order valence-electron chi connectivity index (χ3n) is 2.37. The molecule has 2 aromatic rings. The van der Waals surface area contributed by atoms with Crippen molar-refractivity contribution in [3.05, 3.63) is 63.3 Å². The normalized spacial score (nSPS) is 10.3. The highest BCUT2D eigenvalue weighted by atomic mass is 79.9. The van der Waals surface area contributed by atoms with Gasteiger partial charge in [0.05, 0.1) is 5.02 Å². The van der Waals surface area contributed by atoms with Crippen molar-refractivity contribution in [2.75, 3.05) is 5.32 Å². The second-order valence-corrected chi connectivity index (χ2v) is 4.78. The summed E-state index contributed by atoms with van der Waals surface area (Å²) >= 11 is 9.31. The molecule has 0 aliphatic heterocycles. The first kappa shape index (κ1) is 12.4. The standard InChI is InChI=1S/C13H10BrClFN/c14-10-5-1-2-7-12(10)17-8-9-4-3-6-11(16)13(9)15/h1-7,17H,8H2. The van der Waals surface area contributed by atoms with E-state index in [9.17, 15) is 4.39 Å². The minimum absolute atomic E-state index is 0.173. The highest BCUT2D eigenvalue weighted by molar-refractivity contribution is 9.10. The van der Waals surface area contributed by atoms with Crippen LogP contribution in [0.5, 0.6) is 0 Å². The Kier molecular flexibility index (Phi) is 4.02. The first-order valence-electron chi connectivity index (χ1n) is 5.10. The number of rotatable bonds is 3. The molecule has 17 heavy (non-hydrogen) atoms. The Hall–Kier alpha value is -1.06. The van der Waals surface area contributed by atoms with E-state index in [1.165, 1.54) is 6.07 Å². The Morgan fingerprint density at radius 1 is 1.12 bits per heavy atom. The van der Waals surface area contributed by atoms with Crippen molar-refractivity contribution < 1.29 is 4.39 Å². The SMILES string of the molecule is Fc1cccc(CNc2ccccc2Br)c1Cl. The summed E-state index contributed by atoms with van der Waals surface area (Å²) in [5.74, 6) is -0.391. The molecule has 2 rings (SSSR count). The van der Waals surface area contributed by atoms with Crippen molar-refractivity contribution >= 4 is 33.2 Å². The zero-order valence-electron chi connectivity index (χ0n) is 8.88. The lowest BCUT2D eigenvalue weighted by molar-refractivity contribution is 0.626. The maximum absolute atomic E-state index is 13.2. The highest BCUT2D eigenvalue weighted by Crippen LogP contribution is 2.24. The van der Waals surface area contributed by atoms with Gasteiger partial charge < -0.3 is 5.32 Å². The van der Waals surface area contributed by atoms with E-state index < -0.39 is 5.82 Å². The van der Waals surface area contributed by atoms with E-state index in [1.54, 1.807) is 12.1 Å². The Labute approximate surface area is 113 Å². The van der Waals surface area contributed by atoms with Crippen LogP contribution in [0.15, 0.2) is 46.9 Å². The molecule has 1 nitrogen and oxygen atoms in total. The molecule has 0 radical (unpaired) electrons. The number of nitrogens with one attached hydrogen (secondary N) is 1. The van der Waals surface area contributed by atoms with Gasteiger partial charge in [0.2, 0.25) is 0 Å². The molecule has 0 heterocycles. The van der Waals surface area contributed by atoms with Gasteiger partial charge in [0.1, 0.15) is 5.82 Å². The van der Waals surface area contributed by atoms with Gasteiger partial charge in [-0.15, -0.1) is 0 Å². The number of hydrogen-bond donors (Lipinski definition) is 1. The summed E-state index contributed by atoms with van der Waals surface area (Å²) in [6, 6.07) is 12.6. The fourth-order valence-electron chi connectivity index (χ4n) is 1.48. The Bertz CT molecular complexity index is 531. The van der Waals surface area contributed by atoms with Crippen LogP contribution in [0.3, 0.4) is 0 Å². The van der Waals surface area contributed by atoms with E-state index >= 15 is 0 Å². The maximum Gasteiger partial charge on any atom is 0.142 e. The Morgan fingerprint density at radius 3 is 2.65 bits per heavy atom. The van der Waals surface area contributed by atoms with Gasteiger partial charge in [-0.3, -0.25) is 0 Å². The Morgan fingerprint density at radius 2 is 1.88 bits per heavy atom.